The second-order valence-electron chi connectivity index (χ2n) is 6.98. The van der Waals surface area contributed by atoms with E-state index in [1.807, 2.05) is 98.9 Å². The molecule has 3 nitrogen and oxygen atoms in total. The van der Waals surface area contributed by atoms with E-state index in [1.165, 1.54) is 0 Å². The van der Waals surface area contributed by atoms with E-state index >= 15 is 0 Å². The molecule has 0 spiro atoms. The zero-order chi connectivity index (χ0) is 20.1. The number of hydrogen-bond acceptors (Lipinski definition) is 3. The maximum Gasteiger partial charge on any atom is 0.0975 e. The Hall–Kier alpha value is -1.97. The number of hydrogen-bond donors (Lipinski definition) is 2. The average Bonchev–Trinajstić information content (AvgIpc) is 2.78. The van der Waals surface area contributed by atoms with Crippen molar-refractivity contribution in [2.45, 2.75) is 25.7 Å². The molecule has 0 saturated heterocycles. The summed E-state index contributed by atoms with van der Waals surface area (Å²) in [6.45, 7) is 1.91. The van der Waals surface area contributed by atoms with Crippen LogP contribution in [0.15, 0.2) is 84.9 Å². The van der Waals surface area contributed by atoms with E-state index in [1.54, 1.807) is 0 Å². The van der Waals surface area contributed by atoms with Crippen molar-refractivity contribution in [1.82, 2.24) is 4.67 Å². The van der Waals surface area contributed by atoms with Gasteiger partial charge in [0.2, 0.25) is 0 Å². The normalized spacial score (nSPS) is 15.8. The van der Waals surface area contributed by atoms with Gasteiger partial charge in [-0.1, -0.05) is 66.7 Å². The Kier molecular flexibility index (Phi) is 6.69. The van der Waals surface area contributed by atoms with Crippen molar-refractivity contribution in [3.05, 3.63) is 96.1 Å². The van der Waals surface area contributed by atoms with Crippen LogP contribution in [-0.4, -0.2) is 35.5 Å². The van der Waals surface area contributed by atoms with Gasteiger partial charge in [-0.25, -0.2) is 4.67 Å². The molecule has 0 fully saturated rings. The molecule has 1 unspecified atom stereocenters. The lowest BCUT2D eigenvalue weighted by Gasteiger charge is -2.48. The predicted molar refractivity (Wildman–Crippen MR) is 119 cm³/mol. The number of aliphatic hydroxyl groups is 2. The second-order valence-corrected chi connectivity index (χ2v) is 9.98. The third-order valence-corrected chi connectivity index (χ3v) is 8.98. The quantitative estimate of drug-likeness (QED) is 0.481. The molecule has 0 aliphatic heterocycles. The van der Waals surface area contributed by atoms with Crippen molar-refractivity contribution >= 4 is 25.5 Å². The lowest BCUT2D eigenvalue weighted by molar-refractivity contribution is 0.110. The molecule has 0 aromatic heterocycles. The van der Waals surface area contributed by atoms with Crippen LogP contribution in [0.4, 0.5) is 0 Å². The fourth-order valence-electron chi connectivity index (χ4n) is 3.54. The summed E-state index contributed by atoms with van der Waals surface area (Å²) in [7, 11) is 6.62. The van der Waals surface area contributed by atoms with Gasteiger partial charge in [0.05, 0.1) is 29.4 Å². The van der Waals surface area contributed by atoms with Gasteiger partial charge in [-0.05, 0) is 30.7 Å². The van der Waals surface area contributed by atoms with Gasteiger partial charge in [0, 0.05) is 12.6 Å². The minimum Gasteiger partial charge on any atom is -0.392 e. The van der Waals surface area contributed by atoms with Gasteiger partial charge in [-0.3, -0.25) is 7.57 Å². The molecule has 3 aromatic carbocycles. The standard InChI is InChI=1S/C23H26BNO2P/c1-18(23(27)19-11-5-3-6-12-19)25(2)28(24,21-14-7-4-8-15-21)22-16-10-9-13-20(22)17-26/h3-16,18,23,26-27H,17H2,1-2H3/t18-,23-,28?/m1/s1. The Morgan fingerprint density at radius 1 is 0.893 bits per heavy atom. The Morgan fingerprint density at radius 2 is 1.43 bits per heavy atom. The number of likely N-dealkylation sites (N-methyl/N-ethyl adjacent to an activating group) is 1. The molecule has 5 heteroatoms. The van der Waals surface area contributed by atoms with Gasteiger partial charge in [-0.15, -0.1) is 7.29 Å². The van der Waals surface area contributed by atoms with Crippen LogP contribution in [0.5, 0.6) is 0 Å². The summed E-state index contributed by atoms with van der Waals surface area (Å²) in [4.78, 5) is 0. The van der Waals surface area contributed by atoms with Gasteiger partial charge in [-0.2, -0.15) is 0 Å². The van der Waals surface area contributed by atoms with Crippen molar-refractivity contribution < 1.29 is 10.2 Å². The molecule has 0 bridgehead atoms. The first kappa shape index (κ1) is 20.8. The molecular weight excluding hydrogens is 364 g/mol. The summed E-state index contributed by atoms with van der Waals surface area (Å²) in [5.74, 6) is 0. The molecule has 0 saturated carbocycles. The smallest absolute Gasteiger partial charge is 0.0975 e. The van der Waals surface area contributed by atoms with Gasteiger partial charge >= 0.3 is 0 Å². The third-order valence-electron chi connectivity index (χ3n) is 5.36. The Balaban J connectivity index is 2.09. The van der Waals surface area contributed by atoms with Crippen molar-refractivity contribution in [2.24, 2.45) is 0 Å². The molecule has 28 heavy (non-hydrogen) atoms. The van der Waals surface area contributed by atoms with Crippen LogP contribution in [0.2, 0.25) is 0 Å². The molecule has 0 heterocycles. The minimum absolute atomic E-state index is 0.0780. The highest BCUT2D eigenvalue weighted by Crippen LogP contribution is 2.56. The van der Waals surface area contributed by atoms with E-state index in [0.717, 1.165) is 21.7 Å². The topological polar surface area (TPSA) is 43.7 Å². The Morgan fingerprint density at radius 3 is 2.04 bits per heavy atom. The molecule has 0 amide bonds. The van der Waals surface area contributed by atoms with Crippen LogP contribution in [-0.2, 0) is 6.61 Å². The highest BCUT2D eigenvalue weighted by Gasteiger charge is 2.37. The van der Waals surface area contributed by atoms with Crippen LogP contribution in [0.1, 0.15) is 24.2 Å². The van der Waals surface area contributed by atoms with Gasteiger partial charge < -0.3 is 10.2 Å². The van der Waals surface area contributed by atoms with Gasteiger partial charge in [0.1, 0.15) is 0 Å². The first-order valence-corrected chi connectivity index (χ1v) is 11.2. The van der Waals surface area contributed by atoms with Crippen LogP contribution in [0.3, 0.4) is 0 Å². The molecule has 3 atom stereocenters. The number of benzene rings is 3. The molecular formula is C23H26BNO2P. The minimum atomic E-state index is -2.54. The van der Waals surface area contributed by atoms with Gasteiger partial charge in [0.15, 0.2) is 0 Å². The average molecular weight is 390 g/mol. The van der Waals surface area contributed by atoms with Gasteiger partial charge in [0.25, 0.3) is 0 Å². The maximum absolute atomic E-state index is 11.0. The van der Waals surface area contributed by atoms with E-state index in [2.05, 4.69) is 4.67 Å². The number of aliphatic hydroxyl groups excluding tert-OH is 2. The molecule has 0 aliphatic rings. The highest BCUT2D eigenvalue weighted by molar-refractivity contribution is 8.06. The van der Waals surface area contributed by atoms with Crippen LogP contribution >= 0.6 is 7.29 Å². The van der Waals surface area contributed by atoms with Crippen molar-refractivity contribution in [1.29, 1.82) is 0 Å². The summed E-state index contributed by atoms with van der Waals surface area (Å²) in [6, 6.07) is 27.1. The summed E-state index contributed by atoms with van der Waals surface area (Å²) in [5.41, 5.74) is 1.67. The molecule has 3 aromatic rings. The summed E-state index contributed by atoms with van der Waals surface area (Å²) < 4.78 is 2.09. The van der Waals surface area contributed by atoms with Crippen molar-refractivity contribution in [3.63, 3.8) is 0 Å². The first-order chi connectivity index (χ1) is 13.5. The zero-order valence-corrected chi connectivity index (χ0v) is 17.2. The van der Waals surface area contributed by atoms with Crippen LogP contribution < -0.4 is 10.6 Å². The maximum atomic E-state index is 11.0. The number of rotatable bonds is 7. The largest absolute Gasteiger partial charge is 0.392 e. The molecule has 2 N–H and O–H groups in total. The lowest BCUT2D eigenvalue weighted by Crippen LogP contribution is -2.43. The Bertz CT molecular complexity index is 893. The Labute approximate surface area is 169 Å². The predicted octanol–water partition coefficient (Wildman–Crippen LogP) is 3.20. The third kappa shape index (κ3) is 3.92. The van der Waals surface area contributed by atoms with Crippen molar-refractivity contribution in [3.8, 4) is 0 Å². The summed E-state index contributed by atoms with van der Waals surface area (Å²) in [5, 5.41) is 22.9. The van der Waals surface area contributed by atoms with E-state index in [4.69, 9.17) is 7.57 Å². The monoisotopic (exact) mass is 390 g/mol. The van der Waals surface area contributed by atoms with Crippen LogP contribution in [0.25, 0.3) is 0 Å². The summed E-state index contributed by atoms with van der Waals surface area (Å²) in [6.07, 6.45) is -0.681. The fraction of sp³-hybridized carbons (Fsp3) is 0.217. The van der Waals surface area contributed by atoms with Crippen LogP contribution in [0, 0.1) is 0 Å². The fourth-order valence-corrected chi connectivity index (χ4v) is 6.75. The van der Waals surface area contributed by atoms with E-state index in [9.17, 15) is 10.2 Å². The molecule has 0 aliphatic carbocycles. The zero-order valence-electron chi connectivity index (χ0n) is 16.3. The highest BCUT2D eigenvalue weighted by atomic mass is 31.2. The molecule has 143 valence electrons. The molecule has 3 radical (unpaired) electrons. The van der Waals surface area contributed by atoms with Crippen molar-refractivity contribution in [2.75, 3.05) is 7.05 Å². The first-order valence-electron chi connectivity index (χ1n) is 9.39. The lowest BCUT2D eigenvalue weighted by atomic mass is 10.0. The molecule has 3 rings (SSSR count). The van der Waals surface area contributed by atoms with E-state index in [0.29, 0.717) is 0 Å². The number of nitrogens with zero attached hydrogens (tertiary/aromatic N) is 1. The summed E-state index contributed by atoms with van der Waals surface area (Å²) >= 11 is 0. The second kappa shape index (κ2) is 9.02. The SMILES string of the molecule is [B-][P+](c1ccccc1)(c1ccccc1CO)N(C)[C@H](C)[C@@H](O)c1ccccc1. The van der Waals surface area contributed by atoms with E-state index < -0.39 is 13.4 Å². The van der Waals surface area contributed by atoms with E-state index in [-0.39, 0.29) is 12.6 Å².